The van der Waals surface area contributed by atoms with Crippen LogP contribution in [0.5, 0.6) is 0 Å². The van der Waals surface area contributed by atoms with Crippen LogP contribution < -0.4 is 4.72 Å². The second-order valence-corrected chi connectivity index (χ2v) is 6.21. The van der Waals surface area contributed by atoms with Gasteiger partial charge in [-0.25, -0.2) is 26.7 Å². The summed E-state index contributed by atoms with van der Waals surface area (Å²) in [5.74, 6) is -1.30. The average molecular weight is 323 g/mol. The number of aryl methyl sites for hydroxylation is 1. The molecule has 0 amide bonds. The van der Waals surface area contributed by atoms with Crippen LogP contribution in [0.4, 0.5) is 8.78 Å². The Morgan fingerprint density at radius 1 is 1.33 bits per heavy atom. The highest BCUT2D eigenvalue weighted by Gasteiger charge is 2.24. The molecule has 0 heterocycles. The molecule has 0 aromatic heterocycles. The number of hydrogen-bond donors (Lipinski definition) is 3. The molecular weight excluding hydrogens is 308 g/mol. The Morgan fingerprint density at radius 3 is 2.38 bits per heavy atom. The van der Waals surface area contributed by atoms with Crippen molar-refractivity contribution in [3.05, 3.63) is 28.8 Å². The standard InChI is InChI=1S/C12H15F2NO5S/c1-6-3-8(12(17)18)4-10(7(6)2)21(19,20)15-5-9(16)11(13)14/h3-4,9,11,15-16H,5H2,1-2H3,(H,17,18). The highest BCUT2D eigenvalue weighted by Crippen LogP contribution is 2.21. The maximum Gasteiger partial charge on any atom is 0.335 e. The van der Waals surface area contributed by atoms with Gasteiger partial charge in [0.1, 0.15) is 6.10 Å². The summed E-state index contributed by atoms with van der Waals surface area (Å²) < 4.78 is 50.2. The predicted octanol–water partition coefficient (Wildman–Crippen LogP) is 0.906. The largest absolute Gasteiger partial charge is 0.478 e. The molecule has 1 unspecified atom stereocenters. The third kappa shape index (κ3) is 4.19. The highest BCUT2D eigenvalue weighted by molar-refractivity contribution is 7.89. The number of carboxylic acid groups (broad SMARTS) is 1. The maximum atomic E-state index is 12.2. The van der Waals surface area contributed by atoms with Crippen molar-refractivity contribution in [2.45, 2.75) is 31.3 Å². The molecule has 9 heteroatoms. The van der Waals surface area contributed by atoms with E-state index in [1.54, 1.807) is 0 Å². The van der Waals surface area contributed by atoms with E-state index in [1.807, 2.05) is 4.72 Å². The quantitative estimate of drug-likeness (QED) is 0.722. The normalized spacial score (nSPS) is 13.4. The number of halogens is 2. The van der Waals surface area contributed by atoms with Crippen LogP contribution in [0, 0.1) is 13.8 Å². The summed E-state index contributed by atoms with van der Waals surface area (Å²) in [6, 6.07) is 2.26. The molecule has 0 aliphatic rings. The number of rotatable bonds is 6. The Balaban J connectivity index is 3.16. The minimum absolute atomic E-state index is 0.229. The zero-order chi connectivity index (χ0) is 16.4. The van der Waals surface area contributed by atoms with Crippen molar-refractivity contribution in [3.63, 3.8) is 0 Å². The number of aliphatic hydroxyl groups excluding tert-OH is 1. The van der Waals surface area contributed by atoms with Gasteiger partial charge < -0.3 is 10.2 Å². The fourth-order valence-electron chi connectivity index (χ4n) is 1.59. The number of aliphatic hydroxyl groups is 1. The van der Waals surface area contributed by atoms with Gasteiger partial charge in [0.2, 0.25) is 10.0 Å². The van der Waals surface area contributed by atoms with Gasteiger partial charge in [-0.3, -0.25) is 0 Å². The van der Waals surface area contributed by atoms with E-state index in [9.17, 15) is 22.0 Å². The third-order valence-corrected chi connectivity index (χ3v) is 4.48. The van der Waals surface area contributed by atoms with Crippen LogP contribution >= 0.6 is 0 Å². The van der Waals surface area contributed by atoms with Gasteiger partial charge >= 0.3 is 5.97 Å². The summed E-state index contributed by atoms with van der Waals surface area (Å²) in [6.07, 6.45) is -5.22. The summed E-state index contributed by atoms with van der Waals surface area (Å²) >= 11 is 0. The van der Waals surface area contributed by atoms with Gasteiger partial charge in [0.25, 0.3) is 6.43 Å². The van der Waals surface area contributed by atoms with Gasteiger partial charge in [0, 0.05) is 6.54 Å². The minimum atomic E-state index is -4.20. The molecule has 3 N–H and O–H groups in total. The van der Waals surface area contributed by atoms with Crippen LogP contribution in [0.15, 0.2) is 17.0 Å². The highest BCUT2D eigenvalue weighted by atomic mass is 32.2. The molecule has 0 radical (unpaired) electrons. The van der Waals surface area contributed by atoms with Gasteiger partial charge in [-0.2, -0.15) is 0 Å². The number of carboxylic acids is 1. The molecule has 118 valence electrons. The maximum absolute atomic E-state index is 12.2. The number of hydrogen-bond acceptors (Lipinski definition) is 4. The van der Waals surface area contributed by atoms with Crippen LogP contribution in [0.3, 0.4) is 0 Å². The van der Waals surface area contributed by atoms with E-state index in [1.165, 1.54) is 19.9 Å². The fraction of sp³-hybridized carbons (Fsp3) is 0.417. The van der Waals surface area contributed by atoms with Crippen LogP contribution in [0.2, 0.25) is 0 Å². The number of nitrogens with one attached hydrogen (secondary N) is 1. The van der Waals surface area contributed by atoms with E-state index in [-0.39, 0.29) is 10.5 Å². The number of alkyl halides is 2. The first kappa shape index (κ1) is 17.5. The summed E-state index contributed by atoms with van der Waals surface area (Å²) in [5, 5.41) is 17.9. The van der Waals surface area contributed by atoms with Gasteiger partial charge in [0.15, 0.2) is 0 Å². The lowest BCUT2D eigenvalue weighted by molar-refractivity contribution is -0.000452. The predicted molar refractivity (Wildman–Crippen MR) is 70.1 cm³/mol. The molecule has 1 aromatic rings. The molecule has 1 atom stereocenters. The number of sulfonamides is 1. The summed E-state index contributed by atoms with van der Waals surface area (Å²) in [6.45, 7) is 2.14. The summed E-state index contributed by atoms with van der Waals surface area (Å²) in [4.78, 5) is 10.6. The Morgan fingerprint density at radius 2 is 1.90 bits per heavy atom. The zero-order valence-corrected chi connectivity index (χ0v) is 12.1. The lowest BCUT2D eigenvalue weighted by Gasteiger charge is -2.14. The number of carbonyl (C=O) groups is 1. The van der Waals surface area contributed by atoms with Gasteiger partial charge in [-0.15, -0.1) is 0 Å². The molecule has 21 heavy (non-hydrogen) atoms. The molecule has 1 aromatic carbocycles. The van der Waals surface area contributed by atoms with Crippen LogP contribution in [0.1, 0.15) is 21.5 Å². The fourth-order valence-corrected chi connectivity index (χ4v) is 2.98. The molecule has 6 nitrogen and oxygen atoms in total. The topological polar surface area (TPSA) is 104 Å². The molecule has 0 saturated carbocycles. The van der Waals surface area contributed by atoms with Crippen LogP contribution in [-0.4, -0.2) is 43.7 Å². The minimum Gasteiger partial charge on any atom is -0.478 e. The monoisotopic (exact) mass is 323 g/mol. The van der Waals surface area contributed by atoms with Gasteiger partial charge in [-0.1, -0.05) is 0 Å². The molecule has 0 aliphatic heterocycles. The first-order valence-corrected chi connectivity index (χ1v) is 7.35. The first-order valence-electron chi connectivity index (χ1n) is 5.86. The zero-order valence-electron chi connectivity index (χ0n) is 11.3. The lowest BCUT2D eigenvalue weighted by Crippen LogP contribution is -2.36. The summed E-state index contributed by atoms with van der Waals surface area (Å²) in [5.41, 5.74) is 0.511. The van der Waals surface area contributed by atoms with Crippen LogP contribution in [-0.2, 0) is 10.0 Å². The molecular formula is C12H15F2NO5S. The average Bonchev–Trinajstić information content (AvgIpc) is 2.38. The van der Waals surface area contributed by atoms with Crippen molar-refractivity contribution < 1.29 is 32.2 Å². The Kier molecular flexibility index (Phi) is 5.37. The molecule has 1 rings (SSSR count). The Labute approximate surface area is 120 Å². The van der Waals surface area contributed by atoms with Crippen molar-refractivity contribution in [1.29, 1.82) is 0 Å². The molecule has 0 saturated heterocycles. The Bertz CT molecular complexity index is 645. The van der Waals surface area contributed by atoms with E-state index in [0.29, 0.717) is 11.1 Å². The van der Waals surface area contributed by atoms with Gasteiger partial charge in [-0.05, 0) is 37.1 Å². The number of aromatic carboxylic acids is 1. The summed E-state index contributed by atoms with van der Waals surface area (Å²) in [7, 11) is -4.20. The number of benzene rings is 1. The third-order valence-electron chi connectivity index (χ3n) is 2.93. The van der Waals surface area contributed by atoms with Crippen LogP contribution in [0.25, 0.3) is 0 Å². The first-order chi connectivity index (χ1) is 9.56. The van der Waals surface area contributed by atoms with Crippen molar-refractivity contribution >= 4 is 16.0 Å². The van der Waals surface area contributed by atoms with E-state index in [4.69, 9.17) is 10.2 Å². The van der Waals surface area contributed by atoms with E-state index in [0.717, 1.165) is 6.07 Å². The van der Waals surface area contributed by atoms with E-state index < -0.39 is 35.1 Å². The molecule has 0 spiro atoms. The van der Waals surface area contributed by atoms with Crippen molar-refractivity contribution in [1.82, 2.24) is 4.72 Å². The molecule has 0 aliphatic carbocycles. The lowest BCUT2D eigenvalue weighted by atomic mass is 10.1. The smallest absolute Gasteiger partial charge is 0.335 e. The second kappa shape index (κ2) is 6.46. The van der Waals surface area contributed by atoms with Crippen molar-refractivity contribution in [2.75, 3.05) is 6.54 Å². The van der Waals surface area contributed by atoms with E-state index >= 15 is 0 Å². The molecule has 0 fully saturated rings. The molecule has 0 bridgehead atoms. The van der Waals surface area contributed by atoms with Crippen molar-refractivity contribution in [3.8, 4) is 0 Å². The van der Waals surface area contributed by atoms with Gasteiger partial charge in [0.05, 0.1) is 10.5 Å². The SMILES string of the molecule is Cc1cc(C(=O)O)cc(S(=O)(=O)NCC(O)C(F)F)c1C. The van der Waals surface area contributed by atoms with E-state index in [2.05, 4.69) is 0 Å². The Hall–Kier alpha value is -1.58. The van der Waals surface area contributed by atoms with Crippen molar-refractivity contribution in [2.24, 2.45) is 0 Å². The second-order valence-electron chi connectivity index (χ2n) is 4.48.